The number of hydrogen-bond donors (Lipinski definition) is 2. The van der Waals surface area contributed by atoms with Crippen LogP contribution in [0.3, 0.4) is 0 Å². The molecule has 0 amide bonds. The van der Waals surface area contributed by atoms with Crippen LogP contribution in [0.1, 0.15) is 44.9 Å². The lowest BCUT2D eigenvalue weighted by molar-refractivity contribution is 0.290. The van der Waals surface area contributed by atoms with Gasteiger partial charge in [0.15, 0.2) is 5.11 Å². The fraction of sp³-hybridized carbons (Fsp3) is 0.562. The topological polar surface area (TPSA) is 27.3 Å². The Morgan fingerprint density at radius 2 is 1.62 bits per heavy atom. The summed E-state index contributed by atoms with van der Waals surface area (Å²) >= 11 is 11.4. The lowest BCUT2D eigenvalue weighted by Gasteiger charge is -2.26. The van der Waals surface area contributed by atoms with Gasteiger partial charge in [0.25, 0.3) is 0 Å². The highest BCUT2D eigenvalue weighted by atomic mass is 35.5. The summed E-state index contributed by atoms with van der Waals surface area (Å²) in [7, 11) is 0. The van der Waals surface area contributed by atoms with E-state index < -0.39 is 0 Å². The Morgan fingerprint density at radius 1 is 1.00 bits per heavy atom. The zero-order valence-electron chi connectivity index (χ0n) is 12.1. The van der Waals surface area contributed by atoms with Crippen LogP contribution < -0.4 is 15.8 Å². The monoisotopic (exact) mass is 323 g/mol. The molecule has 2 fully saturated rings. The average molecular weight is 324 g/mol. The van der Waals surface area contributed by atoms with Crippen LogP contribution >= 0.6 is 23.8 Å². The molecule has 1 saturated carbocycles. The van der Waals surface area contributed by atoms with Crippen LogP contribution in [-0.2, 0) is 0 Å². The molecular weight excluding hydrogens is 302 g/mol. The highest BCUT2D eigenvalue weighted by Gasteiger charge is 2.32. The minimum Gasteiger partial charge on any atom is -0.344 e. The van der Waals surface area contributed by atoms with Crippen LogP contribution in [0.2, 0.25) is 5.02 Å². The second-order valence-corrected chi connectivity index (χ2v) is 6.80. The predicted octanol–water partition coefficient (Wildman–Crippen LogP) is 4.23. The highest BCUT2D eigenvalue weighted by Crippen LogP contribution is 2.27. The van der Waals surface area contributed by atoms with Crippen molar-refractivity contribution < 1.29 is 0 Å². The number of thiocarbonyl (C=S) groups is 1. The van der Waals surface area contributed by atoms with Gasteiger partial charge in [-0.05, 0) is 55.2 Å². The van der Waals surface area contributed by atoms with Crippen LogP contribution in [0.4, 0.5) is 5.69 Å². The lowest BCUT2D eigenvalue weighted by Crippen LogP contribution is -2.42. The van der Waals surface area contributed by atoms with E-state index in [-0.39, 0.29) is 6.17 Å². The van der Waals surface area contributed by atoms with Gasteiger partial charge < -0.3 is 5.32 Å². The molecule has 1 unspecified atom stereocenters. The molecule has 3 nitrogen and oxygen atoms in total. The first kappa shape index (κ1) is 15.1. The van der Waals surface area contributed by atoms with Crippen molar-refractivity contribution in [1.29, 1.82) is 0 Å². The number of anilines is 1. The molecule has 0 bridgehead atoms. The standard InChI is InChI=1S/C16H22ClN3S/c17-13-8-10-14(11-9-13)20-16(21)18-15(19-20)12-6-4-2-1-3-5-7-12/h8-12,15,19H,1-7H2,(H,18,21). The molecule has 1 aliphatic carbocycles. The molecule has 0 aromatic heterocycles. The fourth-order valence-electron chi connectivity index (χ4n) is 3.25. The molecule has 5 heteroatoms. The summed E-state index contributed by atoms with van der Waals surface area (Å²) in [6.45, 7) is 0. The molecular formula is C16H22ClN3S. The van der Waals surface area contributed by atoms with Gasteiger partial charge in [-0.2, -0.15) is 0 Å². The van der Waals surface area contributed by atoms with Crippen LogP contribution in [0.25, 0.3) is 0 Å². The molecule has 21 heavy (non-hydrogen) atoms. The number of nitrogens with zero attached hydrogens (tertiary/aromatic N) is 1. The van der Waals surface area contributed by atoms with Crippen LogP contribution in [-0.4, -0.2) is 11.3 Å². The smallest absolute Gasteiger partial charge is 0.189 e. The van der Waals surface area contributed by atoms with Crippen molar-refractivity contribution in [3.8, 4) is 0 Å². The summed E-state index contributed by atoms with van der Waals surface area (Å²) in [4.78, 5) is 0. The van der Waals surface area contributed by atoms with Crippen molar-refractivity contribution in [2.24, 2.45) is 5.92 Å². The lowest BCUT2D eigenvalue weighted by atomic mass is 9.89. The molecule has 0 spiro atoms. The van der Waals surface area contributed by atoms with E-state index in [9.17, 15) is 0 Å². The van der Waals surface area contributed by atoms with Gasteiger partial charge in [-0.25, -0.2) is 5.43 Å². The molecule has 1 atom stereocenters. The minimum absolute atomic E-state index is 0.256. The SMILES string of the molecule is S=C1NC(C2CCCCCCC2)NN1c1ccc(Cl)cc1. The van der Waals surface area contributed by atoms with Crippen molar-refractivity contribution in [3.63, 3.8) is 0 Å². The Balaban J connectivity index is 1.67. The van der Waals surface area contributed by atoms with Gasteiger partial charge in [0.1, 0.15) is 0 Å². The third-order valence-electron chi connectivity index (χ3n) is 4.46. The summed E-state index contributed by atoms with van der Waals surface area (Å²) in [6.07, 6.45) is 9.61. The van der Waals surface area contributed by atoms with Crippen molar-refractivity contribution in [2.45, 2.75) is 51.1 Å². The van der Waals surface area contributed by atoms with Crippen molar-refractivity contribution in [3.05, 3.63) is 29.3 Å². The minimum atomic E-state index is 0.256. The predicted molar refractivity (Wildman–Crippen MR) is 92.4 cm³/mol. The van der Waals surface area contributed by atoms with Gasteiger partial charge in [-0.3, -0.25) is 5.01 Å². The normalized spacial score (nSPS) is 24.5. The average Bonchev–Trinajstić information content (AvgIpc) is 2.81. The Labute approximate surface area is 137 Å². The molecule has 1 aromatic carbocycles. The summed E-state index contributed by atoms with van der Waals surface area (Å²) in [5.74, 6) is 0.653. The first-order valence-electron chi connectivity index (χ1n) is 7.86. The molecule has 114 valence electrons. The van der Waals surface area contributed by atoms with Crippen LogP contribution in [0.5, 0.6) is 0 Å². The van der Waals surface area contributed by atoms with Crippen molar-refractivity contribution in [2.75, 3.05) is 5.01 Å². The molecule has 1 saturated heterocycles. The highest BCUT2D eigenvalue weighted by molar-refractivity contribution is 7.80. The second-order valence-electron chi connectivity index (χ2n) is 5.97. The molecule has 1 aliphatic heterocycles. The van der Waals surface area contributed by atoms with E-state index in [1.807, 2.05) is 29.3 Å². The fourth-order valence-corrected chi connectivity index (χ4v) is 3.66. The number of benzene rings is 1. The van der Waals surface area contributed by atoms with E-state index in [1.54, 1.807) is 0 Å². The molecule has 2 N–H and O–H groups in total. The number of nitrogens with one attached hydrogen (secondary N) is 2. The van der Waals surface area contributed by atoms with Crippen molar-refractivity contribution >= 4 is 34.6 Å². The molecule has 2 aliphatic rings. The number of hydrogen-bond acceptors (Lipinski definition) is 2. The van der Waals surface area contributed by atoms with Gasteiger partial charge in [-0.15, -0.1) is 0 Å². The summed E-state index contributed by atoms with van der Waals surface area (Å²) < 4.78 is 0. The maximum absolute atomic E-state index is 5.95. The molecule has 3 rings (SSSR count). The van der Waals surface area contributed by atoms with E-state index in [4.69, 9.17) is 23.8 Å². The van der Waals surface area contributed by atoms with Crippen LogP contribution in [0.15, 0.2) is 24.3 Å². The van der Waals surface area contributed by atoms with E-state index in [1.165, 1.54) is 44.9 Å². The summed E-state index contributed by atoms with van der Waals surface area (Å²) in [5.41, 5.74) is 4.56. The Kier molecular flexibility index (Phi) is 4.99. The van der Waals surface area contributed by atoms with E-state index in [0.717, 1.165) is 15.8 Å². The number of halogens is 1. The van der Waals surface area contributed by atoms with Gasteiger partial charge >= 0.3 is 0 Å². The second kappa shape index (κ2) is 6.95. The zero-order valence-corrected chi connectivity index (χ0v) is 13.7. The first-order chi connectivity index (χ1) is 10.2. The summed E-state index contributed by atoms with van der Waals surface area (Å²) in [5, 5.41) is 6.91. The quantitative estimate of drug-likeness (QED) is 0.797. The van der Waals surface area contributed by atoms with Gasteiger partial charge in [0.05, 0.1) is 11.9 Å². The van der Waals surface area contributed by atoms with Gasteiger partial charge in [0.2, 0.25) is 0 Å². The number of hydrazine groups is 1. The number of rotatable bonds is 2. The molecule has 0 radical (unpaired) electrons. The van der Waals surface area contributed by atoms with Gasteiger partial charge in [0, 0.05) is 5.02 Å². The first-order valence-corrected chi connectivity index (χ1v) is 8.65. The van der Waals surface area contributed by atoms with Crippen LogP contribution in [0, 0.1) is 5.92 Å². The van der Waals surface area contributed by atoms with Crippen molar-refractivity contribution in [1.82, 2.24) is 10.7 Å². The third kappa shape index (κ3) is 3.68. The summed E-state index contributed by atoms with van der Waals surface area (Å²) in [6, 6.07) is 7.77. The third-order valence-corrected chi connectivity index (χ3v) is 5.01. The van der Waals surface area contributed by atoms with Gasteiger partial charge in [-0.1, -0.05) is 43.7 Å². The van der Waals surface area contributed by atoms with E-state index >= 15 is 0 Å². The van der Waals surface area contributed by atoms with E-state index in [0.29, 0.717) is 5.92 Å². The Morgan fingerprint density at radius 3 is 2.29 bits per heavy atom. The largest absolute Gasteiger partial charge is 0.344 e. The zero-order chi connectivity index (χ0) is 14.7. The maximum atomic E-state index is 5.95. The Bertz CT molecular complexity index is 483. The molecule has 1 aromatic rings. The maximum Gasteiger partial charge on any atom is 0.189 e. The molecule has 1 heterocycles. The Hall–Kier alpha value is -0.840. The van der Waals surface area contributed by atoms with E-state index in [2.05, 4.69) is 10.7 Å².